The first kappa shape index (κ1) is 23.3. The first-order valence-electron chi connectivity index (χ1n) is 11.3. The third kappa shape index (κ3) is 3.23. The van der Waals surface area contributed by atoms with Gasteiger partial charge in [-0.25, -0.2) is 9.59 Å². The molecule has 4 aliphatic carbocycles. The molecule has 7 atom stereocenters. The summed E-state index contributed by atoms with van der Waals surface area (Å²) in [5.41, 5.74) is -1.78. The van der Waals surface area contributed by atoms with E-state index in [-0.39, 0.29) is 49.1 Å². The van der Waals surface area contributed by atoms with E-state index >= 15 is 0 Å². The van der Waals surface area contributed by atoms with Gasteiger partial charge in [0.1, 0.15) is 0 Å². The van der Waals surface area contributed by atoms with Crippen molar-refractivity contribution in [2.45, 2.75) is 64.6 Å². The first-order valence-corrected chi connectivity index (χ1v) is 11.8. The highest BCUT2D eigenvalue weighted by Gasteiger charge is 2.71. The van der Waals surface area contributed by atoms with Gasteiger partial charge in [0.15, 0.2) is 11.8 Å². The quantitative estimate of drug-likeness (QED) is 0.381. The number of aliphatic hydroxyl groups is 1. The number of rotatable bonds is 4. The van der Waals surface area contributed by atoms with E-state index in [1.807, 2.05) is 13.0 Å². The molecule has 0 amide bonds. The molecule has 4 aliphatic rings. The van der Waals surface area contributed by atoms with E-state index in [1.165, 1.54) is 0 Å². The fraction of sp³-hybridized carbons (Fsp3) is 0.708. The van der Waals surface area contributed by atoms with Gasteiger partial charge in [-0.1, -0.05) is 43.2 Å². The molecular formula is C24H31ClO7. The van der Waals surface area contributed by atoms with Gasteiger partial charge >= 0.3 is 12.1 Å². The van der Waals surface area contributed by atoms with Crippen molar-refractivity contribution in [3.63, 3.8) is 0 Å². The van der Waals surface area contributed by atoms with Crippen molar-refractivity contribution >= 4 is 29.5 Å². The number of ether oxygens (including phenoxy) is 3. The van der Waals surface area contributed by atoms with Gasteiger partial charge in [0.25, 0.3) is 0 Å². The Morgan fingerprint density at radius 2 is 2.03 bits per heavy atom. The number of carbonyl (C=O) groups excluding carboxylic acids is 3. The number of carbonyl (C=O) groups is 3. The van der Waals surface area contributed by atoms with Crippen molar-refractivity contribution in [3.8, 4) is 0 Å². The zero-order valence-electron chi connectivity index (χ0n) is 18.8. The van der Waals surface area contributed by atoms with Gasteiger partial charge in [-0.3, -0.25) is 4.79 Å². The fourth-order valence-corrected chi connectivity index (χ4v) is 7.32. The van der Waals surface area contributed by atoms with Crippen LogP contribution >= 0.6 is 11.6 Å². The predicted octanol–water partition coefficient (Wildman–Crippen LogP) is 3.92. The zero-order chi connectivity index (χ0) is 23.3. The van der Waals surface area contributed by atoms with Crippen molar-refractivity contribution in [3.05, 3.63) is 23.8 Å². The lowest BCUT2D eigenvalue weighted by atomic mass is 9.47. The van der Waals surface area contributed by atoms with E-state index in [0.717, 1.165) is 5.57 Å². The van der Waals surface area contributed by atoms with E-state index in [2.05, 4.69) is 13.0 Å². The summed E-state index contributed by atoms with van der Waals surface area (Å²) in [6.45, 7) is 5.77. The van der Waals surface area contributed by atoms with E-state index < -0.39 is 34.7 Å². The van der Waals surface area contributed by atoms with Crippen LogP contribution in [0.3, 0.4) is 0 Å². The maximum atomic E-state index is 13.2. The van der Waals surface area contributed by atoms with Crippen molar-refractivity contribution in [2.75, 3.05) is 12.7 Å². The molecule has 0 aromatic heterocycles. The molecule has 4 rings (SSSR count). The molecule has 0 aromatic carbocycles. The molecule has 0 heterocycles. The molecule has 1 N–H and O–H groups in total. The summed E-state index contributed by atoms with van der Waals surface area (Å²) in [7, 11) is 0. The number of halogens is 1. The summed E-state index contributed by atoms with van der Waals surface area (Å²) in [6.07, 6.45) is 6.28. The number of esters is 1. The molecule has 2 saturated carbocycles. The molecule has 32 heavy (non-hydrogen) atoms. The largest absolute Gasteiger partial charge is 0.509 e. The highest BCUT2D eigenvalue weighted by molar-refractivity contribution is 6.17. The third-order valence-electron chi connectivity index (χ3n) is 8.61. The molecule has 0 saturated heterocycles. The third-order valence-corrected chi connectivity index (χ3v) is 8.72. The van der Waals surface area contributed by atoms with Crippen LogP contribution in [0.4, 0.5) is 4.79 Å². The number of ketones is 1. The van der Waals surface area contributed by atoms with Crippen LogP contribution in [0, 0.1) is 28.6 Å². The van der Waals surface area contributed by atoms with Crippen LogP contribution in [0.15, 0.2) is 23.8 Å². The van der Waals surface area contributed by atoms with Crippen LogP contribution in [0.5, 0.6) is 0 Å². The maximum absolute atomic E-state index is 13.2. The molecule has 7 nitrogen and oxygen atoms in total. The lowest BCUT2D eigenvalue weighted by Crippen LogP contribution is -2.62. The number of allylic oxidation sites excluding steroid dienone is 4. The van der Waals surface area contributed by atoms with E-state index in [0.29, 0.717) is 19.3 Å². The molecule has 176 valence electrons. The Balaban J connectivity index is 1.74. The fourth-order valence-electron chi connectivity index (χ4n) is 7.22. The minimum atomic E-state index is -1.58. The van der Waals surface area contributed by atoms with Crippen LogP contribution in [0.2, 0.25) is 0 Å². The summed E-state index contributed by atoms with van der Waals surface area (Å²) in [6, 6.07) is -0.356. The SMILES string of the molecule is CCOC(=O)O[C@]1(C(=O)OCCl)CC[C@H]2[C@@H]3CC=C4CC(=O)C=C[C@]4(C)[C@H]3[C@@H](O)C[C@@]21C. The van der Waals surface area contributed by atoms with Gasteiger partial charge < -0.3 is 19.3 Å². The van der Waals surface area contributed by atoms with Gasteiger partial charge in [-0.15, -0.1) is 0 Å². The molecule has 0 unspecified atom stereocenters. The number of hydrogen-bond donors (Lipinski definition) is 1. The second-order valence-corrected chi connectivity index (χ2v) is 10.1. The number of hydrogen-bond acceptors (Lipinski definition) is 7. The highest BCUT2D eigenvalue weighted by Crippen LogP contribution is 2.67. The zero-order valence-corrected chi connectivity index (χ0v) is 19.5. The Morgan fingerprint density at radius 3 is 2.72 bits per heavy atom. The summed E-state index contributed by atoms with van der Waals surface area (Å²) in [4.78, 5) is 37.5. The van der Waals surface area contributed by atoms with Crippen LogP contribution in [-0.2, 0) is 23.8 Å². The average Bonchev–Trinajstić information content (AvgIpc) is 3.01. The smallest absolute Gasteiger partial charge is 0.446 e. The molecule has 0 aliphatic heterocycles. The van der Waals surface area contributed by atoms with Gasteiger partial charge in [0.2, 0.25) is 5.60 Å². The minimum absolute atomic E-state index is 0.00820. The van der Waals surface area contributed by atoms with Gasteiger partial charge in [-0.05, 0) is 50.5 Å². The number of fused-ring (bicyclic) bond motifs is 5. The standard InChI is InChI=1S/C24H31ClO7/c1-4-30-21(29)32-24(20(28)31-13-25)10-8-17-16-6-5-14-11-15(26)7-9-22(14,2)19(16)18(27)12-23(17,24)3/h5,7,9,16-19,27H,4,6,8,10-13H2,1-3H3/t16-,17-,18-,19+,22-,23-,24-/m0/s1. The van der Waals surface area contributed by atoms with Gasteiger partial charge in [-0.2, -0.15) is 0 Å². The Kier molecular flexibility index (Phi) is 5.95. The molecule has 0 radical (unpaired) electrons. The first-order chi connectivity index (χ1) is 15.1. The Hall–Kier alpha value is -1.86. The summed E-state index contributed by atoms with van der Waals surface area (Å²) < 4.78 is 15.9. The maximum Gasteiger partial charge on any atom is 0.509 e. The molecular weight excluding hydrogens is 436 g/mol. The van der Waals surface area contributed by atoms with E-state index in [1.54, 1.807) is 13.0 Å². The molecule has 8 heteroatoms. The number of aliphatic hydroxyl groups excluding tert-OH is 1. The summed E-state index contributed by atoms with van der Waals surface area (Å²) in [5.74, 6) is -0.639. The lowest BCUT2D eigenvalue weighted by Gasteiger charge is -2.58. The molecule has 0 aromatic rings. The second-order valence-electron chi connectivity index (χ2n) is 9.90. The molecule has 2 fully saturated rings. The predicted molar refractivity (Wildman–Crippen MR) is 116 cm³/mol. The lowest BCUT2D eigenvalue weighted by molar-refractivity contribution is -0.198. The van der Waals surface area contributed by atoms with Crippen molar-refractivity contribution in [1.29, 1.82) is 0 Å². The van der Waals surface area contributed by atoms with Crippen LogP contribution < -0.4 is 0 Å². The Labute approximate surface area is 193 Å². The summed E-state index contributed by atoms with van der Waals surface area (Å²) >= 11 is 5.69. The van der Waals surface area contributed by atoms with Crippen LogP contribution in [0.1, 0.15) is 52.9 Å². The molecule has 0 bridgehead atoms. The van der Waals surface area contributed by atoms with Crippen molar-refractivity contribution in [2.24, 2.45) is 28.6 Å². The second kappa shape index (κ2) is 8.17. The van der Waals surface area contributed by atoms with Gasteiger partial charge in [0.05, 0.1) is 12.7 Å². The summed E-state index contributed by atoms with van der Waals surface area (Å²) in [5, 5.41) is 11.5. The van der Waals surface area contributed by atoms with E-state index in [4.69, 9.17) is 25.8 Å². The van der Waals surface area contributed by atoms with E-state index in [9.17, 15) is 19.5 Å². The van der Waals surface area contributed by atoms with Crippen molar-refractivity contribution in [1.82, 2.24) is 0 Å². The minimum Gasteiger partial charge on any atom is -0.446 e. The monoisotopic (exact) mass is 466 g/mol. The highest BCUT2D eigenvalue weighted by atomic mass is 35.5. The van der Waals surface area contributed by atoms with Crippen LogP contribution in [0.25, 0.3) is 0 Å². The number of alkyl halides is 1. The molecule has 0 spiro atoms. The Bertz CT molecular complexity index is 882. The normalized spacial score (nSPS) is 42.3. The van der Waals surface area contributed by atoms with Gasteiger partial charge in [0, 0.05) is 23.2 Å². The van der Waals surface area contributed by atoms with Crippen molar-refractivity contribution < 1.29 is 33.7 Å². The Morgan fingerprint density at radius 1 is 1.28 bits per heavy atom. The van der Waals surface area contributed by atoms with Crippen LogP contribution in [-0.4, -0.2) is 47.4 Å². The topological polar surface area (TPSA) is 99.1 Å². The average molecular weight is 467 g/mol.